The molecule has 0 aliphatic heterocycles. The van der Waals surface area contributed by atoms with Crippen LogP contribution in [0.1, 0.15) is 55.5 Å². The molecule has 0 spiro atoms. The van der Waals surface area contributed by atoms with Crippen LogP contribution in [0.2, 0.25) is 0 Å². The standard InChI is InChI=1S/C17H23N3O/c1-12(2)20-11-13(10-19-20)9-18-16-7-3-6-15-14(16)5-4-8-17(15)21/h4-5,8,10-12,16,18,21H,3,6-7,9H2,1-2H3/t16-/m0/s1. The maximum absolute atomic E-state index is 9.98. The molecule has 1 atom stereocenters. The SMILES string of the molecule is CC(C)n1cc(CN[C@H]2CCCc3c(O)cccc32)cn1. The summed E-state index contributed by atoms with van der Waals surface area (Å²) in [6.07, 6.45) is 7.25. The second-order valence-corrected chi connectivity index (χ2v) is 6.09. The van der Waals surface area contributed by atoms with E-state index in [1.54, 1.807) is 6.07 Å². The van der Waals surface area contributed by atoms with Crippen LogP contribution in [0.15, 0.2) is 30.6 Å². The molecule has 1 aromatic heterocycles. The fourth-order valence-corrected chi connectivity index (χ4v) is 3.03. The summed E-state index contributed by atoms with van der Waals surface area (Å²) in [5.41, 5.74) is 3.56. The van der Waals surface area contributed by atoms with Crippen LogP contribution < -0.4 is 5.32 Å². The first-order valence-electron chi connectivity index (χ1n) is 7.72. The lowest BCUT2D eigenvalue weighted by molar-refractivity contribution is 0.429. The predicted octanol–water partition coefficient (Wildman–Crippen LogP) is 3.34. The molecule has 2 aromatic rings. The summed E-state index contributed by atoms with van der Waals surface area (Å²) in [6.45, 7) is 5.07. The van der Waals surface area contributed by atoms with Crippen LogP contribution in [-0.2, 0) is 13.0 Å². The summed E-state index contributed by atoms with van der Waals surface area (Å²) < 4.78 is 1.98. The van der Waals surface area contributed by atoms with Gasteiger partial charge in [-0.25, -0.2) is 0 Å². The number of benzene rings is 1. The van der Waals surface area contributed by atoms with Gasteiger partial charge in [0.15, 0.2) is 0 Å². The van der Waals surface area contributed by atoms with Gasteiger partial charge in [0.1, 0.15) is 5.75 Å². The number of rotatable bonds is 4. The topological polar surface area (TPSA) is 50.1 Å². The zero-order valence-corrected chi connectivity index (χ0v) is 12.7. The molecule has 1 aromatic carbocycles. The summed E-state index contributed by atoms with van der Waals surface area (Å²) in [7, 11) is 0. The van der Waals surface area contributed by atoms with Crippen LogP contribution in [0.5, 0.6) is 5.75 Å². The van der Waals surface area contributed by atoms with E-state index in [4.69, 9.17) is 0 Å². The van der Waals surface area contributed by atoms with Crippen LogP contribution in [-0.4, -0.2) is 14.9 Å². The highest BCUT2D eigenvalue weighted by atomic mass is 16.3. The smallest absolute Gasteiger partial charge is 0.119 e. The third-order valence-electron chi connectivity index (χ3n) is 4.22. The number of phenolic OH excluding ortho intramolecular Hbond substituents is 1. The number of aromatic hydroxyl groups is 1. The largest absolute Gasteiger partial charge is 0.508 e. The first kappa shape index (κ1) is 14.1. The number of hydrogen-bond donors (Lipinski definition) is 2. The van der Waals surface area contributed by atoms with Crippen LogP contribution in [0.3, 0.4) is 0 Å². The quantitative estimate of drug-likeness (QED) is 0.906. The van der Waals surface area contributed by atoms with E-state index in [-0.39, 0.29) is 0 Å². The fourth-order valence-electron chi connectivity index (χ4n) is 3.03. The molecule has 112 valence electrons. The Morgan fingerprint density at radius 2 is 2.29 bits per heavy atom. The van der Waals surface area contributed by atoms with Gasteiger partial charge >= 0.3 is 0 Å². The summed E-state index contributed by atoms with van der Waals surface area (Å²) in [5, 5.41) is 18.0. The Balaban J connectivity index is 1.70. The van der Waals surface area contributed by atoms with E-state index in [1.807, 2.05) is 16.9 Å². The Hall–Kier alpha value is -1.81. The van der Waals surface area contributed by atoms with Crippen molar-refractivity contribution < 1.29 is 5.11 Å². The Bertz CT molecular complexity index is 618. The van der Waals surface area contributed by atoms with Gasteiger partial charge < -0.3 is 10.4 Å². The lowest BCUT2D eigenvalue weighted by Crippen LogP contribution is -2.24. The highest BCUT2D eigenvalue weighted by Crippen LogP contribution is 2.34. The molecular formula is C17H23N3O. The number of nitrogens with zero attached hydrogens (tertiary/aromatic N) is 2. The van der Waals surface area contributed by atoms with E-state index in [1.165, 1.54) is 11.1 Å². The van der Waals surface area contributed by atoms with Gasteiger partial charge in [-0.1, -0.05) is 12.1 Å². The minimum absolute atomic E-state index is 0.322. The third kappa shape index (κ3) is 2.95. The minimum atomic E-state index is 0.322. The first-order valence-corrected chi connectivity index (χ1v) is 7.72. The Kier molecular flexibility index (Phi) is 3.97. The molecule has 0 bridgehead atoms. The molecule has 4 nitrogen and oxygen atoms in total. The third-order valence-corrected chi connectivity index (χ3v) is 4.22. The summed E-state index contributed by atoms with van der Waals surface area (Å²) in [4.78, 5) is 0. The highest BCUT2D eigenvalue weighted by molar-refractivity contribution is 5.42. The minimum Gasteiger partial charge on any atom is -0.508 e. The molecule has 0 unspecified atom stereocenters. The second-order valence-electron chi connectivity index (χ2n) is 6.09. The van der Waals surface area contributed by atoms with Crippen LogP contribution in [0.4, 0.5) is 0 Å². The number of phenols is 1. The van der Waals surface area contributed by atoms with Crippen molar-refractivity contribution in [1.82, 2.24) is 15.1 Å². The van der Waals surface area contributed by atoms with Gasteiger partial charge in [-0.15, -0.1) is 0 Å². The van der Waals surface area contributed by atoms with Gasteiger partial charge in [0.25, 0.3) is 0 Å². The predicted molar refractivity (Wildman–Crippen MR) is 83.2 cm³/mol. The van der Waals surface area contributed by atoms with Crippen molar-refractivity contribution in [2.45, 2.75) is 51.7 Å². The molecule has 1 aliphatic carbocycles. The number of nitrogens with one attached hydrogen (secondary N) is 1. The van der Waals surface area contributed by atoms with E-state index >= 15 is 0 Å². The molecule has 0 saturated carbocycles. The molecule has 1 aliphatic rings. The lowest BCUT2D eigenvalue weighted by atomic mass is 9.87. The van der Waals surface area contributed by atoms with Crippen molar-refractivity contribution in [2.24, 2.45) is 0 Å². The molecule has 2 N–H and O–H groups in total. The van der Waals surface area contributed by atoms with E-state index in [0.717, 1.165) is 31.4 Å². The van der Waals surface area contributed by atoms with E-state index in [9.17, 15) is 5.11 Å². The fraction of sp³-hybridized carbons (Fsp3) is 0.471. The zero-order valence-electron chi connectivity index (χ0n) is 12.7. The molecule has 4 heteroatoms. The van der Waals surface area contributed by atoms with Gasteiger partial charge in [0, 0.05) is 30.4 Å². The van der Waals surface area contributed by atoms with Crippen LogP contribution in [0, 0.1) is 0 Å². The molecule has 0 fully saturated rings. The van der Waals surface area contributed by atoms with Gasteiger partial charge in [-0.2, -0.15) is 5.10 Å². The van der Waals surface area contributed by atoms with Gasteiger partial charge in [0.2, 0.25) is 0 Å². The van der Waals surface area contributed by atoms with Crippen LogP contribution >= 0.6 is 0 Å². The van der Waals surface area contributed by atoms with Gasteiger partial charge in [-0.3, -0.25) is 4.68 Å². The summed E-state index contributed by atoms with van der Waals surface area (Å²) in [5.74, 6) is 0.437. The summed E-state index contributed by atoms with van der Waals surface area (Å²) >= 11 is 0. The van der Waals surface area contributed by atoms with E-state index < -0.39 is 0 Å². The zero-order chi connectivity index (χ0) is 14.8. The molecule has 1 heterocycles. The number of fused-ring (bicyclic) bond motifs is 1. The number of aromatic nitrogens is 2. The monoisotopic (exact) mass is 285 g/mol. The van der Waals surface area contributed by atoms with Gasteiger partial charge in [0.05, 0.1) is 6.20 Å². The van der Waals surface area contributed by atoms with Crippen molar-refractivity contribution >= 4 is 0 Å². The number of hydrogen-bond acceptors (Lipinski definition) is 3. The van der Waals surface area contributed by atoms with Crippen molar-refractivity contribution in [3.8, 4) is 5.75 Å². The first-order chi connectivity index (χ1) is 10.1. The van der Waals surface area contributed by atoms with E-state index in [2.05, 4.69) is 36.5 Å². The van der Waals surface area contributed by atoms with E-state index in [0.29, 0.717) is 17.8 Å². The second kappa shape index (κ2) is 5.90. The molecule has 0 saturated heterocycles. The maximum Gasteiger partial charge on any atom is 0.119 e. The average molecular weight is 285 g/mol. The Morgan fingerprint density at radius 3 is 3.05 bits per heavy atom. The van der Waals surface area contributed by atoms with Crippen molar-refractivity contribution in [3.63, 3.8) is 0 Å². The summed E-state index contributed by atoms with van der Waals surface area (Å²) in [6, 6.07) is 6.57. The molecule has 0 radical (unpaired) electrons. The maximum atomic E-state index is 9.98. The normalized spacial score (nSPS) is 18.0. The van der Waals surface area contributed by atoms with Crippen molar-refractivity contribution in [3.05, 3.63) is 47.3 Å². The van der Waals surface area contributed by atoms with Crippen molar-refractivity contribution in [1.29, 1.82) is 0 Å². The van der Waals surface area contributed by atoms with Crippen LogP contribution in [0.25, 0.3) is 0 Å². The molecule has 3 rings (SSSR count). The Labute approximate surface area is 125 Å². The van der Waals surface area contributed by atoms with Gasteiger partial charge in [-0.05, 0) is 50.3 Å². The average Bonchev–Trinajstić information content (AvgIpc) is 2.95. The molecule has 21 heavy (non-hydrogen) atoms. The molecular weight excluding hydrogens is 262 g/mol. The lowest BCUT2D eigenvalue weighted by Gasteiger charge is -2.27. The molecule has 0 amide bonds. The Morgan fingerprint density at radius 1 is 1.43 bits per heavy atom. The van der Waals surface area contributed by atoms with Crippen molar-refractivity contribution in [2.75, 3.05) is 0 Å². The highest BCUT2D eigenvalue weighted by Gasteiger charge is 2.21.